The lowest BCUT2D eigenvalue weighted by Crippen LogP contribution is -2.59. The second kappa shape index (κ2) is 8.56. The maximum Gasteiger partial charge on any atom is 0.410 e. The number of carbonyl (C=O) groups excluding carboxylic acids is 1. The van der Waals surface area contributed by atoms with Crippen LogP contribution < -0.4 is 9.47 Å². The second-order valence-electron chi connectivity index (χ2n) is 8.19. The van der Waals surface area contributed by atoms with Gasteiger partial charge in [0.05, 0.1) is 19.8 Å². The van der Waals surface area contributed by atoms with E-state index in [1.807, 2.05) is 53.4 Å². The fourth-order valence-corrected chi connectivity index (χ4v) is 4.92. The Kier molecular flexibility index (Phi) is 5.86. The second-order valence-corrected chi connectivity index (χ2v) is 8.19. The van der Waals surface area contributed by atoms with Crippen LogP contribution in [-0.4, -0.2) is 42.4 Å². The molecule has 2 heterocycles. The Morgan fingerprint density at radius 1 is 1.07 bits per heavy atom. The van der Waals surface area contributed by atoms with E-state index in [0.717, 1.165) is 30.4 Å². The Morgan fingerprint density at radius 2 is 1.77 bits per heavy atom. The number of ether oxygens (including phenoxy) is 3. The van der Waals surface area contributed by atoms with Crippen molar-refractivity contribution in [3.63, 3.8) is 0 Å². The van der Waals surface area contributed by atoms with Gasteiger partial charge in [-0.05, 0) is 43.0 Å². The lowest BCUT2D eigenvalue weighted by Gasteiger charge is -2.51. The van der Waals surface area contributed by atoms with E-state index in [0.29, 0.717) is 24.3 Å². The van der Waals surface area contributed by atoms with Gasteiger partial charge in [0, 0.05) is 30.5 Å². The first-order valence-electron chi connectivity index (χ1n) is 10.5. The van der Waals surface area contributed by atoms with Crippen molar-refractivity contribution in [3.05, 3.63) is 59.7 Å². The van der Waals surface area contributed by atoms with Crippen molar-refractivity contribution < 1.29 is 24.1 Å². The fourth-order valence-electron chi connectivity index (χ4n) is 4.92. The van der Waals surface area contributed by atoms with Crippen LogP contribution in [0.4, 0.5) is 4.79 Å². The van der Waals surface area contributed by atoms with Gasteiger partial charge < -0.3 is 24.2 Å². The average molecular weight is 411 g/mol. The number of aliphatic hydroxyl groups is 1. The minimum atomic E-state index is -1.08. The van der Waals surface area contributed by atoms with E-state index >= 15 is 0 Å². The molecule has 6 heteroatoms. The molecule has 160 valence electrons. The molecule has 2 bridgehead atoms. The molecule has 2 aromatic carbocycles. The maximum absolute atomic E-state index is 12.9. The summed E-state index contributed by atoms with van der Waals surface area (Å²) < 4.78 is 16.5. The lowest BCUT2D eigenvalue weighted by molar-refractivity contribution is -0.0905. The van der Waals surface area contributed by atoms with Crippen LogP contribution in [0.25, 0.3) is 0 Å². The van der Waals surface area contributed by atoms with Gasteiger partial charge in [0.15, 0.2) is 0 Å². The zero-order chi connectivity index (χ0) is 21.1. The van der Waals surface area contributed by atoms with Gasteiger partial charge in [0.1, 0.15) is 18.1 Å². The summed E-state index contributed by atoms with van der Waals surface area (Å²) in [5.74, 6) is 1.31. The Hall–Kier alpha value is -2.73. The number of benzene rings is 2. The first kappa shape index (κ1) is 20.5. The van der Waals surface area contributed by atoms with Gasteiger partial charge in [-0.3, -0.25) is 0 Å². The summed E-state index contributed by atoms with van der Waals surface area (Å²) in [7, 11) is 3.21. The Labute approximate surface area is 177 Å². The van der Waals surface area contributed by atoms with Crippen molar-refractivity contribution in [2.75, 3.05) is 14.2 Å². The van der Waals surface area contributed by atoms with Crippen molar-refractivity contribution >= 4 is 6.09 Å². The van der Waals surface area contributed by atoms with Gasteiger partial charge in [-0.1, -0.05) is 30.3 Å². The zero-order valence-corrected chi connectivity index (χ0v) is 17.5. The van der Waals surface area contributed by atoms with Crippen molar-refractivity contribution in [3.8, 4) is 11.5 Å². The summed E-state index contributed by atoms with van der Waals surface area (Å²) in [6.07, 6.45) is 3.36. The lowest BCUT2D eigenvalue weighted by atomic mass is 9.72. The highest BCUT2D eigenvalue weighted by molar-refractivity contribution is 5.69. The number of fused-ring (bicyclic) bond motifs is 2. The molecular formula is C24H29NO5. The minimum Gasteiger partial charge on any atom is -0.497 e. The van der Waals surface area contributed by atoms with Crippen LogP contribution in [0.1, 0.15) is 43.2 Å². The van der Waals surface area contributed by atoms with Gasteiger partial charge in [-0.25, -0.2) is 4.79 Å². The first-order chi connectivity index (χ1) is 14.5. The van der Waals surface area contributed by atoms with Gasteiger partial charge in [-0.15, -0.1) is 0 Å². The van der Waals surface area contributed by atoms with E-state index in [1.54, 1.807) is 14.2 Å². The topological polar surface area (TPSA) is 68.2 Å². The largest absolute Gasteiger partial charge is 0.497 e. The van der Waals surface area contributed by atoms with E-state index in [2.05, 4.69) is 0 Å². The summed E-state index contributed by atoms with van der Waals surface area (Å²) >= 11 is 0. The van der Waals surface area contributed by atoms with Crippen LogP contribution in [0, 0.1) is 0 Å². The molecule has 0 aromatic heterocycles. The van der Waals surface area contributed by atoms with E-state index in [4.69, 9.17) is 14.2 Å². The molecule has 0 spiro atoms. The van der Waals surface area contributed by atoms with Gasteiger partial charge in [-0.2, -0.15) is 0 Å². The average Bonchev–Trinajstić information content (AvgIpc) is 2.77. The van der Waals surface area contributed by atoms with Crippen molar-refractivity contribution in [1.29, 1.82) is 0 Å². The molecule has 2 aliphatic rings. The molecule has 0 radical (unpaired) electrons. The number of amides is 1. The normalized spacial score (nSPS) is 25.5. The molecule has 2 aliphatic heterocycles. The van der Waals surface area contributed by atoms with Crippen LogP contribution in [0.5, 0.6) is 11.5 Å². The predicted octanol–water partition coefficient (Wildman–Crippen LogP) is 4.25. The fraction of sp³-hybridized carbons (Fsp3) is 0.458. The van der Waals surface area contributed by atoms with Gasteiger partial charge in [0.2, 0.25) is 0 Å². The molecule has 2 fully saturated rings. The van der Waals surface area contributed by atoms with Gasteiger partial charge >= 0.3 is 6.09 Å². The highest BCUT2D eigenvalue weighted by atomic mass is 16.6. The summed E-state index contributed by atoms with van der Waals surface area (Å²) in [5.41, 5.74) is 0.607. The Morgan fingerprint density at radius 3 is 2.40 bits per heavy atom. The summed E-state index contributed by atoms with van der Waals surface area (Å²) in [5, 5.41) is 11.7. The highest BCUT2D eigenvalue weighted by Crippen LogP contribution is 2.47. The molecule has 2 atom stereocenters. The third-order valence-electron chi connectivity index (χ3n) is 6.33. The third-order valence-corrected chi connectivity index (χ3v) is 6.33. The van der Waals surface area contributed by atoms with Crippen LogP contribution in [0.3, 0.4) is 0 Å². The molecule has 4 rings (SSSR count). The van der Waals surface area contributed by atoms with E-state index in [-0.39, 0.29) is 24.8 Å². The molecule has 1 N–H and O–H groups in total. The van der Waals surface area contributed by atoms with Crippen LogP contribution in [-0.2, 0) is 16.9 Å². The molecule has 2 saturated heterocycles. The van der Waals surface area contributed by atoms with Crippen LogP contribution in [0.15, 0.2) is 48.5 Å². The number of rotatable bonds is 5. The van der Waals surface area contributed by atoms with E-state index in [1.165, 1.54) is 0 Å². The number of hydrogen-bond donors (Lipinski definition) is 1. The number of nitrogens with zero attached hydrogens (tertiary/aromatic N) is 1. The van der Waals surface area contributed by atoms with Crippen LogP contribution >= 0.6 is 0 Å². The summed E-state index contributed by atoms with van der Waals surface area (Å²) in [6.45, 7) is 0.254. The molecule has 30 heavy (non-hydrogen) atoms. The molecule has 0 aliphatic carbocycles. The monoisotopic (exact) mass is 411 g/mol. The first-order valence-corrected chi connectivity index (χ1v) is 10.5. The van der Waals surface area contributed by atoms with Crippen molar-refractivity contribution in [2.24, 2.45) is 0 Å². The van der Waals surface area contributed by atoms with Crippen molar-refractivity contribution in [2.45, 2.75) is 56.4 Å². The van der Waals surface area contributed by atoms with Crippen molar-refractivity contribution in [1.82, 2.24) is 4.90 Å². The Balaban J connectivity index is 1.54. The molecule has 1 amide bonds. The summed E-state index contributed by atoms with van der Waals surface area (Å²) in [6, 6.07) is 15.0. The van der Waals surface area contributed by atoms with Crippen LogP contribution in [0.2, 0.25) is 0 Å². The molecule has 0 saturated carbocycles. The molecule has 2 unspecified atom stereocenters. The number of hydrogen-bond acceptors (Lipinski definition) is 5. The van der Waals surface area contributed by atoms with Gasteiger partial charge in [0.25, 0.3) is 0 Å². The zero-order valence-electron chi connectivity index (χ0n) is 17.5. The van der Waals surface area contributed by atoms with E-state index < -0.39 is 5.60 Å². The minimum absolute atomic E-state index is 0.0679. The smallest absolute Gasteiger partial charge is 0.410 e. The number of carbonyl (C=O) groups is 1. The van der Waals surface area contributed by atoms with E-state index in [9.17, 15) is 9.90 Å². The summed E-state index contributed by atoms with van der Waals surface area (Å²) in [4.78, 5) is 14.8. The number of piperidine rings is 2. The number of methoxy groups -OCH3 is 2. The SMILES string of the molecule is COc1ccc(OC)c(C2(O)CC3CCCC(C2)N3C(=O)OCc2ccccc2)c1. The molecule has 2 aromatic rings. The standard InChI is InChI=1S/C24H29NO5/c1-28-20-11-12-22(29-2)21(13-20)24(27)14-18-9-6-10-19(15-24)25(18)23(26)30-16-17-7-4-3-5-8-17/h3-5,7-8,11-13,18-19,27H,6,9-10,14-16H2,1-2H3. The molecular weight excluding hydrogens is 382 g/mol. The predicted molar refractivity (Wildman–Crippen MR) is 113 cm³/mol. The third kappa shape index (κ3) is 3.97. The quantitative estimate of drug-likeness (QED) is 0.797. The molecule has 6 nitrogen and oxygen atoms in total. The highest BCUT2D eigenvalue weighted by Gasteiger charge is 2.49. The maximum atomic E-state index is 12.9. The Bertz CT molecular complexity index is 870.